The van der Waals surface area contributed by atoms with E-state index in [4.69, 9.17) is 10.00 Å². The molecule has 0 aromatic rings. The van der Waals surface area contributed by atoms with Crippen LogP contribution >= 0.6 is 0 Å². The first-order chi connectivity index (χ1) is 5.81. The predicted molar refractivity (Wildman–Crippen MR) is 45.3 cm³/mol. The zero-order valence-corrected chi connectivity index (χ0v) is 7.49. The van der Waals surface area contributed by atoms with E-state index in [2.05, 4.69) is 13.0 Å². The lowest BCUT2D eigenvalue weighted by Gasteiger charge is -2.42. The molecule has 2 unspecified atom stereocenters. The van der Waals surface area contributed by atoms with Crippen LogP contribution in [0.15, 0.2) is 0 Å². The highest BCUT2D eigenvalue weighted by Crippen LogP contribution is 2.40. The maximum Gasteiger partial charge on any atom is 0.0656 e. The largest absolute Gasteiger partial charge is 0.381 e. The van der Waals surface area contributed by atoms with E-state index in [0.29, 0.717) is 17.8 Å². The molecule has 12 heavy (non-hydrogen) atoms. The van der Waals surface area contributed by atoms with Crippen molar-refractivity contribution in [3.8, 4) is 6.07 Å². The van der Waals surface area contributed by atoms with Crippen LogP contribution in [-0.2, 0) is 4.74 Å². The second-order valence-electron chi connectivity index (χ2n) is 4.21. The standard InChI is InChI=1S/C10H15NO/c1-7-9-2-8(4-11)3-10(7)6-12-5-9/h7-10H,2-3,5-6H2,1H3. The minimum Gasteiger partial charge on any atom is -0.381 e. The molecule has 1 saturated carbocycles. The average Bonchev–Trinajstić information content (AvgIpc) is 2.04. The molecule has 2 heteroatoms. The molecule has 2 atom stereocenters. The quantitative estimate of drug-likeness (QED) is 0.548. The van der Waals surface area contributed by atoms with E-state index in [-0.39, 0.29) is 0 Å². The fourth-order valence-electron chi connectivity index (χ4n) is 2.56. The summed E-state index contributed by atoms with van der Waals surface area (Å²) < 4.78 is 5.49. The minimum atomic E-state index is 0.306. The van der Waals surface area contributed by atoms with Gasteiger partial charge in [0.1, 0.15) is 0 Å². The smallest absolute Gasteiger partial charge is 0.0656 e. The average molecular weight is 165 g/mol. The van der Waals surface area contributed by atoms with Crippen molar-refractivity contribution in [1.82, 2.24) is 0 Å². The van der Waals surface area contributed by atoms with Crippen LogP contribution in [0.3, 0.4) is 0 Å². The van der Waals surface area contributed by atoms with E-state index in [0.717, 1.165) is 32.0 Å². The molecule has 0 aromatic carbocycles. The molecular formula is C10H15NO. The zero-order chi connectivity index (χ0) is 8.55. The van der Waals surface area contributed by atoms with Gasteiger partial charge < -0.3 is 4.74 Å². The number of nitrogens with zero attached hydrogens (tertiary/aromatic N) is 1. The third kappa shape index (κ3) is 1.23. The molecule has 66 valence electrons. The normalized spacial score (nSPS) is 46.7. The Balaban J connectivity index is 2.08. The van der Waals surface area contributed by atoms with Crippen molar-refractivity contribution in [1.29, 1.82) is 5.26 Å². The molecule has 0 radical (unpaired) electrons. The molecule has 2 rings (SSSR count). The lowest BCUT2D eigenvalue weighted by Crippen LogP contribution is -2.40. The van der Waals surface area contributed by atoms with Crippen molar-refractivity contribution in [3.63, 3.8) is 0 Å². The summed E-state index contributed by atoms with van der Waals surface area (Å²) in [7, 11) is 0. The Morgan fingerprint density at radius 2 is 1.83 bits per heavy atom. The molecule has 0 N–H and O–H groups in total. The van der Waals surface area contributed by atoms with Crippen LogP contribution in [0.2, 0.25) is 0 Å². The second kappa shape index (κ2) is 3.06. The van der Waals surface area contributed by atoms with Gasteiger partial charge in [-0.15, -0.1) is 0 Å². The Kier molecular flexibility index (Phi) is 2.06. The number of nitriles is 1. The van der Waals surface area contributed by atoms with Crippen LogP contribution < -0.4 is 0 Å². The third-order valence-corrected chi connectivity index (χ3v) is 3.51. The monoisotopic (exact) mass is 165 g/mol. The maximum absolute atomic E-state index is 8.84. The molecule has 2 nitrogen and oxygen atoms in total. The SMILES string of the molecule is CC1C2COCC1CC(C#N)C2. The highest BCUT2D eigenvalue weighted by Gasteiger charge is 2.38. The van der Waals surface area contributed by atoms with Crippen molar-refractivity contribution in [2.24, 2.45) is 23.7 Å². The molecule has 0 aromatic heterocycles. The Morgan fingerprint density at radius 1 is 1.25 bits per heavy atom. The molecule has 1 aliphatic heterocycles. The summed E-state index contributed by atoms with van der Waals surface area (Å²) in [5, 5.41) is 8.84. The molecule has 2 fully saturated rings. The Hall–Kier alpha value is -0.550. The number of hydrogen-bond donors (Lipinski definition) is 0. The van der Waals surface area contributed by atoms with E-state index >= 15 is 0 Å². The van der Waals surface area contributed by atoms with Gasteiger partial charge in [0.25, 0.3) is 0 Å². The molecule has 1 aliphatic carbocycles. The predicted octanol–water partition coefficient (Wildman–Crippen LogP) is 1.82. The van der Waals surface area contributed by atoms with Gasteiger partial charge in [-0.05, 0) is 30.6 Å². The van der Waals surface area contributed by atoms with E-state index in [1.807, 2.05) is 0 Å². The van der Waals surface area contributed by atoms with Crippen LogP contribution in [0.25, 0.3) is 0 Å². The molecule has 1 heterocycles. The summed E-state index contributed by atoms with van der Waals surface area (Å²) in [4.78, 5) is 0. The summed E-state index contributed by atoms with van der Waals surface area (Å²) in [5.74, 6) is 2.40. The second-order valence-corrected chi connectivity index (χ2v) is 4.21. The first-order valence-corrected chi connectivity index (χ1v) is 4.78. The van der Waals surface area contributed by atoms with Crippen molar-refractivity contribution < 1.29 is 4.74 Å². The van der Waals surface area contributed by atoms with Gasteiger partial charge in [0.05, 0.1) is 6.07 Å². The van der Waals surface area contributed by atoms with E-state index in [1.165, 1.54) is 0 Å². The molecule has 2 aliphatic rings. The van der Waals surface area contributed by atoms with Crippen molar-refractivity contribution in [2.75, 3.05) is 13.2 Å². The molecule has 1 saturated heterocycles. The highest BCUT2D eigenvalue weighted by atomic mass is 16.5. The summed E-state index contributed by atoms with van der Waals surface area (Å²) >= 11 is 0. The molecular weight excluding hydrogens is 150 g/mol. The Bertz CT molecular complexity index is 194. The van der Waals surface area contributed by atoms with E-state index < -0.39 is 0 Å². The van der Waals surface area contributed by atoms with Crippen molar-refractivity contribution >= 4 is 0 Å². The Morgan fingerprint density at radius 3 is 2.33 bits per heavy atom. The van der Waals surface area contributed by atoms with Gasteiger partial charge in [-0.2, -0.15) is 5.26 Å². The maximum atomic E-state index is 8.84. The lowest BCUT2D eigenvalue weighted by atomic mass is 9.68. The van der Waals surface area contributed by atoms with Gasteiger partial charge in [0.2, 0.25) is 0 Å². The third-order valence-electron chi connectivity index (χ3n) is 3.51. The fraction of sp³-hybridized carbons (Fsp3) is 0.900. The topological polar surface area (TPSA) is 33.0 Å². The fourth-order valence-corrected chi connectivity index (χ4v) is 2.56. The first-order valence-electron chi connectivity index (χ1n) is 4.78. The van der Waals surface area contributed by atoms with Crippen LogP contribution in [0.5, 0.6) is 0 Å². The summed E-state index contributed by atoms with van der Waals surface area (Å²) in [6.45, 7) is 4.08. The summed E-state index contributed by atoms with van der Waals surface area (Å²) in [5.41, 5.74) is 0. The molecule has 0 amide bonds. The van der Waals surface area contributed by atoms with Gasteiger partial charge in [0, 0.05) is 19.1 Å². The van der Waals surface area contributed by atoms with E-state index in [9.17, 15) is 0 Å². The van der Waals surface area contributed by atoms with Gasteiger partial charge in [-0.1, -0.05) is 6.92 Å². The first kappa shape index (κ1) is 8.07. The van der Waals surface area contributed by atoms with Gasteiger partial charge in [-0.3, -0.25) is 0 Å². The Labute approximate surface area is 73.5 Å². The van der Waals surface area contributed by atoms with Crippen molar-refractivity contribution in [3.05, 3.63) is 0 Å². The van der Waals surface area contributed by atoms with Gasteiger partial charge >= 0.3 is 0 Å². The molecule has 0 spiro atoms. The number of hydrogen-bond acceptors (Lipinski definition) is 2. The lowest BCUT2D eigenvalue weighted by molar-refractivity contribution is -0.0580. The van der Waals surface area contributed by atoms with Crippen LogP contribution in [0, 0.1) is 35.0 Å². The number of ether oxygens (including phenoxy) is 1. The minimum absolute atomic E-state index is 0.306. The van der Waals surface area contributed by atoms with E-state index in [1.54, 1.807) is 0 Å². The van der Waals surface area contributed by atoms with Gasteiger partial charge in [0.15, 0.2) is 0 Å². The van der Waals surface area contributed by atoms with Crippen molar-refractivity contribution in [2.45, 2.75) is 19.8 Å². The zero-order valence-electron chi connectivity index (χ0n) is 7.49. The highest BCUT2D eigenvalue weighted by molar-refractivity contribution is 4.94. The van der Waals surface area contributed by atoms with Crippen LogP contribution in [-0.4, -0.2) is 13.2 Å². The summed E-state index contributed by atoms with van der Waals surface area (Å²) in [6, 6.07) is 2.40. The molecule has 2 bridgehead atoms. The van der Waals surface area contributed by atoms with Crippen LogP contribution in [0.1, 0.15) is 19.8 Å². The van der Waals surface area contributed by atoms with Crippen LogP contribution in [0.4, 0.5) is 0 Å². The number of rotatable bonds is 0. The number of fused-ring (bicyclic) bond motifs is 2. The van der Waals surface area contributed by atoms with Gasteiger partial charge in [-0.25, -0.2) is 0 Å². The summed E-state index contributed by atoms with van der Waals surface area (Å²) in [6.07, 6.45) is 2.13.